The average molecular weight is 284 g/mol. The molecule has 1 aliphatic carbocycles. The quantitative estimate of drug-likeness (QED) is 0.815. The third kappa shape index (κ3) is 5.02. The van der Waals surface area contributed by atoms with E-state index in [0.717, 1.165) is 31.6 Å². The maximum atomic E-state index is 12.2. The minimum absolute atomic E-state index is 0.234. The summed E-state index contributed by atoms with van der Waals surface area (Å²) in [7, 11) is 1.77. The van der Waals surface area contributed by atoms with Gasteiger partial charge in [0, 0.05) is 13.1 Å². The Labute approximate surface area is 121 Å². The predicted octanol–water partition coefficient (Wildman–Crippen LogP) is 2.71. The molecule has 0 spiro atoms. The van der Waals surface area contributed by atoms with Crippen LogP contribution >= 0.6 is 0 Å². The van der Waals surface area contributed by atoms with Crippen LogP contribution < -0.4 is 5.32 Å². The molecule has 0 aromatic rings. The molecule has 0 bridgehead atoms. The zero-order valence-electron chi connectivity index (χ0n) is 13.1. The highest BCUT2D eigenvalue weighted by Gasteiger charge is 2.28. The minimum atomic E-state index is -0.960. The number of carboxylic acids is 1. The van der Waals surface area contributed by atoms with Crippen molar-refractivity contribution in [3.8, 4) is 0 Å². The van der Waals surface area contributed by atoms with Crippen molar-refractivity contribution in [1.29, 1.82) is 0 Å². The second-order valence-electron chi connectivity index (χ2n) is 6.49. The molecule has 0 heterocycles. The van der Waals surface area contributed by atoms with E-state index in [1.165, 1.54) is 0 Å². The van der Waals surface area contributed by atoms with Crippen molar-refractivity contribution in [2.45, 2.75) is 65.0 Å². The molecule has 2 N–H and O–H groups in total. The summed E-state index contributed by atoms with van der Waals surface area (Å²) in [4.78, 5) is 25.0. The Kier molecular flexibility index (Phi) is 6.30. The Balaban J connectivity index is 2.53. The third-order valence-corrected chi connectivity index (χ3v) is 4.16. The Morgan fingerprint density at radius 3 is 2.25 bits per heavy atom. The Bertz CT molecular complexity index is 336. The van der Waals surface area contributed by atoms with Gasteiger partial charge in [0.2, 0.25) is 0 Å². The predicted molar refractivity (Wildman–Crippen MR) is 78.6 cm³/mol. The fourth-order valence-electron chi connectivity index (χ4n) is 2.74. The van der Waals surface area contributed by atoms with Crippen molar-refractivity contribution in [3.63, 3.8) is 0 Å². The van der Waals surface area contributed by atoms with E-state index in [-0.39, 0.29) is 18.0 Å². The molecule has 0 aromatic carbocycles. The Morgan fingerprint density at radius 2 is 1.80 bits per heavy atom. The fraction of sp³-hybridized carbons (Fsp3) is 0.867. The lowest BCUT2D eigenvalue weighted by Gasteiger charge is -2.34. The van der Waals surface area contributed by atoms with Crippen molar-refractivity contribution in [2.24, 2.45) is 11.8 Å². The summed E-state index contributed by atoms with van der Waals surface area (Å²) in [6, 6.07) is -0.829. The van der Waals surface area contributed by atoms with Gasteiger partial charge >= 0.3 is 12.0 Å². The van der Waals surface area contributed by atoms with Crippen LogP contribution in [0.2, 0.25) is 0 Å². The van der Waals surface area contributed by atoms with E-state index in [9.17, 15) is 9.59 Å². The number of nitrogens with zero attached hydrogens (tertiary/aromatic N) is 1. The maximum Gasteiger partial charge on any atom is 0.326 e. The molecule has 20 heavy (non-hydrogen) atoms. The molecule has 1 rings (SSSR count). The van der Waals surface area contributed by atoms with Crippen LogP contribution in [0.25, 0.3) is 0 Å². The van der Waals surface area contributed by atoms with Crippen molar-refractivity contribution < 1.29 is 14.7 Å². The normalized spacial score (nSPS) is 24.2. The summed E-state index contributed by atoms with van der Waals surface area (Å²) >= 11 is 0. The number of hydrogen-bond donors (Lipinski definition) is 2. The molecule has 0 unspecified atom stereocenters. The minimum Gasteiger partial charge on any atom is -0.480 e. The van der Waals surface area contributed by atoms with Gasteiger partial charge in [0.15, 0.2) is 0 Å². The molecule has 0 saturated heterocycles. The van der Waals surface area contributed by atoms with Crippen molar-refractivity contribution >= 4 is 12.0 Å². The third-order valence-electron chi connectivity index (χ3n) is 4.16. The van der Waals surface area contributed by atoms with Crippen LogP contribution in [-0.4, -0.2) is 41.1 Å². The molecule has 5 heteroatoms. The summed E-state index contributed by atoms with van der Waals surface area (Å²) in [5.41, 5.74) is 0. The number of amides is 2. The fourth-order valence-corrected chi connectivity index (χ4v) is 2.74. The lowest BCUT2D eigenvalue weighted by Crippen LogP contribution is -2.50. The van der Waals surface area contributed by atoms with Gasteiger partial charge in [0.1, 0.15) is 6.04 Å². The van der Waals surface area contributed by atoms with Gasteiger partial charge in [-0.3, -0.25) is 0 Å². The number of carbonyl (C=O) groups is 2. The number of aliphatic carboxylic acids is 1. The maximum absolute atomic E-state index is 12.2. The zero-order chi connectivity index (χ0) is 15.3. The topological polar surface area (TPSA) is 69.6 Å². The van der Waals surface area contributed by atoms with E-state index in [0.29, 0.717) is 6.42 Å². The Morgan fingerprint density at radius 1 is 1.25 bits per heavy atom. The largest absolute Gasteiger partial charge is 0.480 e. The number of hydrogen-bond acceptors (Lipinski definition) is 2. The van der Waals surface area contributed by atoms with E-state index in [2.05, 4.69) is 12.2 Å². The van der Waals surface area contributed by atoms with E-state index < -0.39 is 12.0 Å². The highest BCUT2D eigenvalue weighted by atomic mass is 16.4. The summed E-state index contributed by atoms with van der Waals surface area (Å²) < 4.78 is 0. The molecule has 5 nitrogen and oxygen atoms in total. The molecule has 1 fully saturated rings. The second kappa shape index (κ2) is 7.50. The first kappa shape index (κ1) is 16.8. The van der Waals surface area contributed by atoms with Crippen LogP contribution in [0.5, 0.6) is 0 Å². The summed E-state index contributed by atoms with van der Waals surface area (Å²) in [5, 5.41) is 11.8. The van der Waals surface area contributed by atoms with Crippen LogP contribution in [0.3, 0.4) is 0 Å². The number of nitrogens with one attached hydrogen (secondary N) is 1. The van der Waals surface area contributed by atoms with Gasteiger partial charge in [-0.2, -0.15) is 0 Å². The zero-order valence-corrected chi connectivity index (χ0v) is 13.1. The first-order valence-corrected chi connectivity index (χ1v) is 7.57. The van der Waals surface area contributed by atoms with E-state index in [4.69, 9.17) is 5.11 Å². The smallest absolute Gasteiger partial charge is 0.326 e. The van der Waals surface area contributed by atoms with Crippen molar-refractivity contribution in [3.05, 3.63) is 0 Å². The molecule has 1 aliphatic rings. The van der Waals surface area contributed by atoms with Gasteiger partial charge < -0.3 is 15.3 Å². The van der Waals surface area contributed by atoms with Crippen LogP contribution in [0.4, 0.5) is 4.79 Å². The molecular weight excluding hydrogens is 256 g/mol. The van der Waals surface area contributed by atoms with Crippen LogP contribution in [-0.2, 0) is 4.79 Å². The lowest BCUT2D eigenvalue weighted by atomic mass is 9.87. The summed E-state index contributed by atoms with van der Waals surface area (Å²) in [6.07, 6.45) is 4.74. The van der Waals surface area contributed by atoms with E-state index in [1.807, 2.05) is 13.8 Å². The number of carbonyl (C=O) groups excluding carboxylic acids is 1. The first-order chi connectivity index (χ1) is 9.31. The standard InChI is InChI=1S/C15H28N2O3/c1-10(2)9-13(14(18)19)16-15(20)17(4)12-7-5-11(3)6-8-12/h10-13H,5-9H2,1-4H3,(H,16,20)(H,18,19)/t11?,12?,13-/m1/s1. The highest BCUT2D eigenvalue weighted by Crippen LogP contribution is 2.26. The summed E-state index contributed by atoms with van der Waals surface area (Å²) in [6.45, 7) is 6.14. The molecule has 0 aliphatic heterocycles. The first-order valence-electron chi connectivity index (χ1n) is 7.57. The number of rotatable bonds is 5. The monoisotopic (exact) mass is 284 g/mol. The number of urea groups is 1. The van der Waals surface area contributed by atoms with E-state index in [1.54, 1.807) is 11.9 Å². The van der Waals surface area contributed by atoms with Gasteiger partial charge in [-0.1, -0.05) is 20.8 Å². The van der Waals surface area contributed by atoms with Gasteiger partial charge in [-0.05, 0) is 43.9 Å². The van der Waals surface area contributed by atoms with E-state index >= 15 is 0 Å². The Hall–Kier alpha value is -1.26. The van der Waals surface area contributed by atoms with Crippen LogP contribution in [0.15, 0.2) is 0 Å². The molecular formula is C15H28N2O3. The molecule has 116 valence electrons. The average Bonchev–Trinajstić information content (AvgIpc) is 2.37. The highest BCUT2D eigenvalue weighted by molar-refractivity contribution is 5.82. The molecule has 2 amide bonds. The van der Waals surface area contributed by atoms with Crippen LogP contribution in [0.1, 0.15) is 52.9 Å². The van der Waals surface area contributed by atoms with Gasteiger partial charge in [-0.15, -0.1) is 0 Å². The molecule has 0 aromatic heterocycles. The van der Waals surface area contributed by atoms with Gasteiger partial charge in [-0.25, -0.2) is 9.59 Å². The molecule has 1 atom stereocenters. The second-order valence-corrected chi connectivity index (χ2v) is 6.49. The van der Waals surface area contributed by atoms with Crippen LogP contribution in [0, 0.1) is 11.8 Å². The SMILES string of the molecule is CC(C)C[C@@H](NC(=O)N(C)C1CCC(C)CC1)C(=O)O. The van der Waals surface area contributed by atoms with Crippen molar-refractivity contribution in [2.75, 3.05) is 7.05 Å². The summed E-state index contributed by atoms with van der Waals surface area (Å²) in [5.74, 6) is 0.00497. The molecule has 0 radical (unpaired) electrons. The lowest BCUT2D eigenvalue weighted by molar-refractivity contribution is -0.139. The van der Waals surface area contributed by atoms with Crippen molar-refractivity contribution in [1.82, 2.24) is 10.2 Å². The van der Waals surface area contributed by atoms with Gasteiger partial charge in [0.25, 0.3) is 0 Å². The molecule has 1 saturated carbocycles. The van der Waals surface area contributed by atoms with Gasteiger partial charge in [0.05, 0.1) is 0 Å². The number of carboxylic acid groups (broad SMARTS) is 1.